The fraction of sp³-hybridized carbons (Fsp3) is 0.190. The van der Waals surface area contributed by atoms with E-state index >= 15 is 0 Å². The van der Waals surface area contributed by atoms with Gasteiger partial charge in [-0.05, 0) is 31.2 Å². The van der Waals surface area contributed by atoms with Gasteiger partial charge in [0.25, 0.3) is 0 Å². The molecule has 0 spiro atoms. The van der Waals surface area contributed by atoms with Crippen molar-refractivity contribution in [2.75, 3.05) is 13.2 Å². The lowest BCUT2D eigenvalue weighted by Crippen LogP contribution is -2.09. The maximum Gasteiger partial charge on any atom is 0.147 e. The van der Waals surface area contributed by atoms with Gasteiger partial charge in [-0.25, -0.2) is 9.37 Å². The van der Waals surface area contributed by atoms with Gasteiger partial charge in [-0.3, -0.25) is 0 Å². The van der Waals surface area contributed by atoms with Crippen molar-refractivity contribution in [1.29, 1.82) is 0 Å². The minimum absolute atomic E-state index is 0.266. The average Bonchev–Trinajstić information content (AvgIpc) is 3.08. The molecule has 0 saturated carbocycles. The predicted molar refractivity (Wildman–Crippen MR) is 97.5 cm³/mol. The molecule has 2 heterocycles. The number of nitrogens with zero attached hydrogens (tertiary/aromatic N) is 2. The lowest BCUT2D eigenvalue weighted by molar-refractivity contribution is 0.159. The number of aromatic nitrogens is 2. The Morgan fingerprint density at radius 2 is 2.00 bits per heavy atom. The Bertz CT molecular complexity index is 943. The van der Waals surface area contributed by atoms with Gasteiger partial charge in [0.15, 0.2) is 0 Å². The standard InChI is InChI=1S/C21H19FN2O/c1-15-5-4-6-16(13-15)20-14-24(17-9-11-25-12-10-17)21(23-20)18-7-2-3-8-19(18)22/h2-9,13-14H,10-12H2,1H3. The molecule has 0 amide bonds. The highest BCUT2D eigenvalue weighted by Crippen LogP contribution is 2.30. The molecule has 4 rings (SSSR count). The second kappa shape index (κ2) is 6.65. The Labute approximate surface area is 146 Å². The molecule has 0 fully saturated rings. The number of hydrogen-bond acceptors (Lipinski definition) is 2. The molecule has 0 unspecified atom stereocenters. The summed E-state index contributed by atoms with van der Waals surface area (Å²) in [6, 6.07) is 15.0. The fourth-order valence-electron chi connectivity index (χ4n) is 3.11. The summed E-state index contributed by atoms with van der Waals surface area (Å²) in [5.41, 5.74) is 4.65. The molecule has 4 heteroatoms. The van der Waals surface area contributed by atoms with Crippen molar-refractivity contribution in [3.8, 4) is 22.6 Å². The van der Waals surface area contributed by atoms with Gasteiger partial charge in [0.2, 0.25) is 0 Å². The molecular formula is C21H19FN2O. The molecule has 0 saturated heterocycles. The summed E-state index contributed by atoms with van der Waals surface area (Å²) in [6.07, 6.45) is 4.81. The summed E-state index contributed by atoms with van der Waals surface area (Å²) in [6.45, 7) is 3.30. The highest BCUT2D eigenvalue weighted by Gasteiger charge is 2.18. The topological polar surface area (TPSA) is 27.1 Å². The minimum atomic E-state index is -0.266. The average molecular weight is 334 g/mol. The minimum Gasteiger partial charge on any atom is -0.377 e. The summed E-state index contributed by atoms with van der Waals surface area (Å²) >= 11 is 0. The third-order valence-electron chi connectivity index (χ3n) is 4.38. The molecular weight excluding hydrogens is 315 g/mol. The van der Waals surface area contributed by atoms with Crippen molar-refractivity contribution in [3.05, 3.63) is 72.2 Å². The van der Waals surface area contributed by atoms with Crippen molar-refractivity contribution < 1.29 is 9.13 Å². The van der Waals surface area contributed by atoms with E-state index in [1.165, 1.54) is 11.6 Å². The fourth-order valence-corrected chi connectivity index (χ4v) is 3.11. The zero-order chi connectivity index (χ0) is 17.2. The van der Waals surface area contributed by atoms with Crippen LogP contribution >= 0.6 is 0 Å². The van der Waals surface area contributed by atoms with Crippen LogP contribution in [0.1, 0.15) is 12.0 Å². The second-order valence-electron chi connectivity index (χ2n) is 6.19. The Kier molecular flexibility index (Phi) is 4.20. The Morgan fingerprint density at radius 1 is 1.12 bits per heavy atom. The Balaban J connectivity index is 1.89. The molecule has 0 radical (unpaired) electrons. The van der Waals surface area contributed by atoms with Crippen LogP contribution in [0.5, 0.6) is 0 Å². The van der Waals surface area contributed by atoms with Gasteiger partial charge < -0.3 is 9.30 Å². The molecule has 1 aromatic heterocycles. The lowest BCUT2D eigenvalue weighted by Gasteiger charge is -2.16. The molecule has 0 bridgehead atoms. The maximum atomic E-state index is 14.4. The molecule has 2 aromatic carbocycles. The molecule has 3 nitrogen and oxygen atoms in total. The summed E-state index contributed by atoms with van der Waals surface area (Å²) in [7, 11) is 0. The summed E-state index contributed by atoms with van der Waals surface area (Å²) in [5, 5.41) is 0. The Hall–Kier alpha value is -2.72. The van der Waals surface area contributed by atoms with Gasteiger partial charge in [-0.2, -0.15) is 0 Å². The zero-order valence-electron chi connectivity index (χ0n) is 14.1. The van der Waals surface area contributed by atoms with E-state index in [1.54, 1.807) is 12.1 Å². The monoisotopic (exact) mass is 334 g/mol. The van der Waals surface area contributed by atoms with Gasteiger partial charge in [0.1, 0.15) is 11.6 Å². The summed E-state index contributed by atoms with van der Waals surface area (Å²) in [5.74, 6) is 0.362. The van der Waals surface area contributed by atoms with Crippen LogP contribution < -0.4 is 0 Å². The highest BCUT2D eigenvalue weighted by atomic mass is 19.1. The van der Waals surface area contributed by atoms with Crippen molar-refractivity contribution in [2.45, 2.75) is 13.3 Å². The van der Waals surface area contributed by atoms with E-state index in [0.717, 1.165) is 23.4 Å². The van der Waals surface area contributed by atoms with E-state index < -0.39 is 0 Å². The van der Waals surface area contributed by atoms with Crippen LogP contribution in [0.4, 0.5) is 4.39 Å². The second-order valence-corrected chi connectivity index (χ2v) is 6.19. The smallest absolute Gasteiger partial charge is 0.147 e. The van der Waals surface area contributed by atoms with E-state index in [1.807, 2.05) is 35.0 Å². The first-order valence-corrected chi connectivity index (χ1v) is 8.41. The maximum absolute atomic E-state index is 14.4. The zero-order valence-corrected chi connectivity index (χ0v) is 14.1. The summed E-state index contributed by atoms with van der Waals surface area (Å²) < 4.78 is 21.8. The van der Waals surface area contributed by atoms with Crippen molar-refractivity contribution in [2.24, 2.45) is 0 Å². The first-order chi connectivity index (χ1) is 12.2. The summed E-state index contributed by atoms with van der Waals surface area (Å²) in [4.78, 5) is 4.77. The Morgan fingerprint density at radius 3 is 2.76 bits per heavy atom. The van der Waals surface area contributed by atoms with Crippen molar-refractivity contribution >= 4 is 5.70 Å². The van der Waals surface area contributed by atoms with Gasteiger partial charge in [0.05, 0.1) is 24.5 Å². The number of rotatable bonds is 3. The van der Waals surface area contributed by atoms with E-state index in [2.05, 4.69) is 19.1 Å². The highest BCUT2D eigenvalue weighted by molar-refractivity contribution is 5.70. The van der Waals surface area contributed by atoms with Gasteiger partial charge in [-0.15, -0.1) is 0 Å². The largest absolute Gasteiger partial charge is 0.377 e. The van der Waals surface area contributed by atoms with E-state index in [-0.39, 0.29) is 5.82 Å². The normalized spacial score (nSPS) is 14.4. The predicted octanol–water partition coefficient (Wildman–Crippen LogP) is 4.93. The van der Waals surface area contributed by atoms with Crippen molar-refractivity contribution in [3.63, 3.8) is 0 Å². The van der Waals surface area contributed by atoms with E-state index in [0.29, 0.717) is 24.6 Å². The van der Waals surface area contributed by atoms with Crippen molar-refractivity contribution in [1.82, 2.24) is 9.55 Å². The molecule has 0 atom stereocenters. The van der Waals surface area contributed by atoms with Crippen LogP contribution in [0.2, 0.25) is 0 Å². The third-order valence-corrected chi connectivity index (χ3v) is 4.38. The number of imidazole rings is 1. The molecule has 3 aromatic rings. The number of halogens is 1. The molecule has 1 aliphatic rings. The van der Waals surface area contributed by atoms with Gasteiger partial charge in [0, 0.05) is 23.9 Å². The molecule has 0 N–H and O–H groups in total. The number of hydrogen-bond donors (Lipinski definition) is 0. The molecule has 126 valence electrons. The number of ether oxygens (including phenoxy) is 1. The quantitative estimate of drug-likeness (QED) is 0.679. The van der Waals surface area contributed by atoms with Crippen LogP contribution in [0.25, 0.3) is 28.3 Å². The SMILES string of the molecule is Cc1cccc(-c2cn(C3=CCOCC3)c(-c3ccccc3F)n2)c1. The first-order valence-electron chi connectivity index (χ1n) is 8.41. The number of aryl methyl sites for hydroxylation is 1. The van der Waals surface area contributed by atoms with Crippen LogP contribution in [0.15, 0.2) is 60.8 Å². The number of benzene rings is 2. The van der Waals surface area contributed by atoms with Crippen LogP contribution in [-0.2, 0) is 4.74 Å². The third kappa shape index (κ3) is 3.13. The first kappa shape index (κ1) is 15.8. The van der Waals surface area contributed by atoms with E-state index in [9.17, 15) is 4.39 Å². The lowest BCUT2D eigenvalue weighted by atomic mass is 10.1. The van der Waals surface area contributed by atoms with Gasteiger partial charge in [-0.1, -0.05) is 35.9 Å². The van der Waals surface area contributed by atoms with Gasteiger partial charge >= 0.3 is 0 Å². The molecule has 0 aliphatic carbocycles. The van der Waals surface area contributed by atoms with Crippen LogP contribution in [0, 0.1) is 12.7 Å². The molecule has 1 aliphatic heterocycles. The van der Waals surface area contributed by atoms with E-state index in [4.69, 9.17) is 9.72 Å². The van der Waals surface area contributed by atoms with Crippen LogP contribution in [0.3, 0.4) is 0 Å². The van der Waals surface area contributed by atoms with Crippen LogP contribution in [-0.4, -0.2) is 22.8 Å². The molecule has 25 heavy (non-hydrogen) atoms.